The average molecular weight is 179 g/mol. The van der Waals surface area contributed by atoms with Gasteiger partial charge in [0.2, 0.25) is 0 Å². The van der Waals surface area contributed by atoms with Crippen molar-refractivity contribution in [2.24, 2.45) is 5.90 Å². The first kappa shape index (κ1) is 8.53. The highest BCUT2D eigenvalue weighted by Gasteiger charge is 2.09. The van der Waals surface area contributed by atoms with Gasteiger partial charge in [0.05, 0.1) is 13.2 Å². The fraction of sp³-hybridized carbons (Fsp3) is 0.400. The molecule has 0 saturated carbocycles. The van der Waals surface area contributed by atoms with E-state index in [1.54, 1.807) is 0 Å². The van der Waals surface area contributed by atoms with E-state index < -0.39 is 0 Å². The first-order valence-corrected chi connectivity index (χ1v) is 4.46. The minimum Gasteiger partial charge on any atom is -0.493 e. The van der Waals surface area contributed by atoms with E-state index >= 15 is 0 Å². The van der Waals surface area contributed by atoms with Crippen molar-refractivity contribution < 1.29 is 9.57 Å². The molecule has 70 valence electrons. The van der Waals surface area contributed by atoms with Gasteiger partial charge in [-0.25, -0.2) is 5.90 Å². The lowest BCUT2D eigenvalue weighted by molar-refractivity contribution is 0.124. The molecule has 2 N–H and O–H groups in total. The predicted molar refractivity (Wildman–Crippen MR) is 49.2 cm³/mol. The standard InChI is InChI=1S/C10H13NO2/c11-13-7-8-3-4-9-2-1-5-12-10(9)6-8/h3-4,6H,1-2,5,7,11H2. The van der Waals surface area contributed by atoms with Crippen LogP contribution in [0.3, 0.4) is 0 Å². The smallest absolute Gasteiger partial charge is 0.122 e. The third-order valence-corrected chi connectivity index (χ3v) is 2.23. The van der Waals surface area contributed by atoms with Crippen molar-refractivity contribution in [3.05, 3.63) is 29.3 Å². The van der Waals surface area contributed by atoms with Crippen LogP contribution < -0.4 is 10.6 Å². The lowest BCUT2D eigenvalue weighted by Gasteiger charge is -2.17. The van der Waals surface area contributed by atoms with Crippen LogP contribution in [-0.2, 0) is 17.9 Å². The number of hydrogen-bond donors (Lipinski definition) is 1. The van der Waals surface area contributed by atoms with E-state index in [9.17, 15) is 0 Å². The highest BCUT2D eigenvalue weighted by molar-refractivity contribution is 5.38. The summed E-state index contributed by atoms with van der Waals surface area (Å²) in [5, 5.41) is 0. The fourth-order valence-corrected chi connectivity index (χ4v) is 1.57. The van der Waals surface area contributed by atoms with Gasteiger partial charge >= 0.3 is 0 Å². The molecule has 1 aromatic carbocycles. The minimum absolute atomic E-state index is 0.441. The Bertz CT molecular complexity index is 299. The predicted octanol–water partition coefficient (Wildman–Crippen LogP) is 1.40. The van der Waals surface area contributed by atoms with Gasteiger partial charge in [-0.15, -0.1) is 0 Å². The average Bonchev–Trinajstić information content (AvgIpc) is 2.18. The molecule has 1 aliphatic rings. The molecule has 0 aliphatic carbocycles. The Balaban J connectivity index is 2.24. The molecule has 0 bridgehead atoms. The van der Waals surface area contributed by atoms with Crippen molar-refractivity contribution in [2.45, 2.75) is 19.4 Å². The van der Waals surface area contributed by atoms with Gasteiger partial charge < -0.3 is 4.74 Å². The molecule has 1 aromatic rings. The number of nitrogens with two attached hydrogens (primary N) is 1. The second-order valence-electron chi connectivity index (χ2n) is 3.21. The molecule has 0 unspecified atom stereocenters. The van der Waals surface area contributed by atoms with Crippen LogP contribution in [0.25, 0.3) is 0 Å². The van der Waals surface area contributed by atoms with E-state index in [0.717, 1.165) is 30.8 Å². The van der Waals surface area contributed by atoms with Gasteiger partial charge in [0.25, 0.3) is 0 Å². The molecule has 0 aromatic heterocycles. The Morgan fingerprint density at radius 1 is 1.46 bits per heavy atom. The van der Waals surface area contributed by atoms with Crippen LogP contribution in [0.1, 0.15) is 17.5 Å². The summed E-state index contributed by atoms with van der Waals surface area (Å²) in [5.41, 5.74) is 2.34. The summed E-state index contributed by atoms with van der Waals surface area (Å²) in [6.07, 6.45) is 2.22. The van der Waals surface area contributed by atoms with Gasteiger partial charge in [0, 0.05) is 0 Å². The monoisotopic (exact) mass is 179 g/mol. The zero-order valence-electron chi connectivity index (χ0n) is 7.45. The summed E-state index contributed by atoms with van der Waals surface area (Å²) in [6, 6.07) is 6.12. The van der Waals surface area contributed by atoms with Crippen LogP contribution in [0.4, 0.5) is 0 Å². The maximum Gasteiger partial charge on any atom is 0.122 e. The highest BCUT2D eigenvalue weighted by atomic mass is 16.6. The van der Waals surface area contributed by atoms with Crippen molar-refractivity contribution in [3.63, 3.8) is 0 Å². The summed E-state index contributed by atoms with van der Waals surface area (Å²) in [5.74, 6) is 5.98. The summed E-state index contributed by atoms with van der Waals surface area (Å²) in [6.45, 7) is 1.26. The van der Waals surface area contributed by atoms with Gasteiger partial charge in [-0.3, -0.25) is 4.84 Å². The SMILES string of the molecule is NOCc1ccc2c(c1)OCCC2. The quantitative estimate of drug-likeness (QED) is 0.698. The van der Waals surface area contributed by atoms with Crippen LogP contribution in [0.5, 0.6) is 5.75 Å². The number of rotatable bonds is 2. The minimum atomic E-state index is 0.441. The molecular weight excluding hydrogens is 166 g/mol. The van der Waals surface area contributed by atoms with Crippen molar-refractivity contribution >= 4 is 0 Å². The first-order valence-electron chi connectivity index (χ1n) is 4.46. The molecule has 3 nitrogen and oxygen atoms in total. The van der Waals surface area contributed by atoms with E-state index in [1.807, 2.05) is 12.1 Å². The third kappa shape index (κ3) is 1.82. The molecule has 3 heteroatoms. The van der Waals surface area contributed by atoms with Crippen LogP contribution >= 0.6 is 0 Å². The Labute approximate surface area is 77.4 Å². The van der Waals surface area contributed by atoms with E-state index in [1.165, 1.54) is 5.56 Å². The maximum atomic E-state index is 5.51. The van der Waals surface area contributed by atoms with Crippen molar-refractivity contribution in [1.29, 1.82) is 0 Å². The second kappa shape index (κ2) is 3.77. The van der Waals surface area contributed by atoms with E-state index in [2.05, 4.69) is 10.9 Å². The summed E-state index contributed by atoms with van der Waals surface area (Å²) in [4.78, 5) is 4.56. The number of aryl methyl sites for hydroxylation is 1. The molecule has 0 fully saturated rings. The van der Waals surface area contributed by atoms with E-state index in [-0.39, 0.29) is 0 Å². The first-order chi connectivity index (χ1) is 6.40. The fourth-order valence-electron chi connectivity index (χ4n) is 1.57. The van der Waals surface area contributed by atoms with Gasteiger partial charge in [-0.2, -0.15) is 0 Å². The maximum absolute atomic E-state index is 5.51. The molecule has 0 spiro atoms. The lowest BCUT2D eigenvalue weighted by Crippen LogP contribution is -2.09. The number of benzene rings is 1. The van der Waals surface area contributed by atoms with Crippen LogP contribution in [0, 0.1) is 0 Å². The zero-order chi connectivity index (χ0) is 9.10. The topological polar surface area (TPSA) is 44.5 Å². The van der Waals surface area contributed by atoms with Gasteiger partial charge in [-0.1, -0.05) is 12.1 Å². The molecule has 2 rings (SSSR count). The molecular formula is C10H13NO2. The summed E-state index contributed by atoms with van der Waals surface area (Å²) < 4.78 is 5.51. The van der Waals surface area contributed by atoms with Gasteiger partial charge in [0.15, 0.2) is 0 Å². The Hall–Kier alpha value is -1.06. The van der Waals surface area contributed by atoms with E-state index in [4.69, 9.17) is 10.6 Å². The van der Waals surface area contributed by atoms with Gasteiger partial charge in [-0.05, 0) is 30.0 Å². The Morgan fingerprint density at radius 3 is 3.23 bits per heavy atom. The normalized spacial score (nSPS) is 14.8. The molecule has 1 aliphatic heterocycles. The molecule has 0 radical (unpaired) electrons. The van der Waals surface area contributed by atoms with Gasteiger partial charge in [0.1, 0.15) is 5.75 Å². The highest BCUT2D eigenvalue weighted by Crippen LogP contribution is 2.25. The van der Waals surface area contributed by atoms with Crippen molar-refractivity contribution in [2.75, 3.05) is 6.61 Å². The Kier molecular flexibility index (Phi) is 2.47. The van der Waals surface area contributed by atoms with Crippen molar-refractivity contribution in [3.8, 4) is 5.75 Å². The summed E-state index contributed by atoms with van der Waals surface area (Å²) in [7, 11) is 0. The number of ether oxygens (including phenoxy) is 1. The van der Waals surface area contributed by atoms with Crippen LogP contribution in [-0.4, -0.2) is 6.61 Å². The van der Waals surface area contributed by atoms with Crippen LogP contribution in [0.15, 0.2) is 18.2 Å². The summed E-state index contributed by atoms with van der Waals surface area (Å²) >= 11 is 0. The van der Waals surface area contributed by atoms with Crippen molar-refractivity contribution in [1.82, 2.24) is 0 Å². The molecule has 0 saturated heterocycles. The second-order valence-corrected chi connectivity index (χ2v) is 3.21. The van der Waals surface area contributed by atoms with Crippen LogP contribution in [0.2, 0.25) is 0 Å². The largest absolute Gasteiger partial charge is 0.493 e. The molecule has 1 heterocycles. The molecule has 0 atom stereocenters. The third-order valence-electron chi connectivity index (χ3n) is 2.23. The molecule has 0 amide bonds. The Morgan fingerprint density at radius 2 is 2.38 bits per heavy atom. The number of fused-ring (bicyclic) bond motifs is 1. The number of hydrogen-bond acceptors (Lipinski definition) is 3. The molecule has 13 heavy (non-hydrogen) atoms. The lowest BCUT2D eigenvalue weighted by atomic mass is 10.0. The van der Waals surface area contributed by atoms with E-state index in [0.29, 0.717) is 6.61 Å². The zero-order valence-corrected chi connectivity index (χ0v) is 7.45.